The van der Waals surface area contributed by atoms with Gasteiger partial charge in [0, 0.05) is 38.8 Å². The fourth-order valence-corrected chi connectivity index (χ4v) is 3.62. The first kappa shape index (κ1) is 18.6. The third-order valence-electron chi connectivity index (χ3n) is 5.16. The molecular formula is C23H26N2O3. The number of benzene rings is 2. The smallest absolute Gasteiger partial charge is 0.246 e. The van der Waals surface area contributed by atoms with E-state index in [1.165, 1.54) is 11.1 Å². The average Bonchev–Trinajstić information content (AvgIpc) is 2.72. The molecule has 0 saturated carbocycles. The van der Waals surface area contributed by atoms with Crippen LogP contribution in [0.3, 0.4) is 0 Å². The molecule has 1 fully saturated rings. The molecule has 0 spiro atoms. The largest absolute Gasteiger partial charge is 0.486 e. The molecule has 2 aromatic carbocycles. The summed E-state index contributed by atoms with van der Waals surface area (Å²) in [4.78, 5) is 16.8. The molecule has 0 aliphatic carbocycles. The van der Waals surface area contributed by atoms with Gasteiger partial charge in [-0.25, -0.2) is 0 Å². The Hall–Kier alpha value is -2.79. The first-order valence-electron chi connectivity index (χ1n) is 9.82. The SMILES string of the molecule is Cc1cccc(/C=C/C(=O)N2CCN(Cc3ccc4c(c3)OCCO4)CC2)c1. The molecule has 1 amide bonds. The molecule has 0 atom stereocenters. The maximum Gasteiger partial charge on any atom is 0.246 e. The molecule has 0 bridgehead atoms. The van der Waals surface area contributed by atoms with Gasteiger partial charge < -0.3 is 14.4 Å². The zero-order valence-corrected chi connectivity index (χ0v) is 16.3. The number of nitrogens with zero attached hydrogens (tertiary/aromatic N) is 2. The summed E-state index contributed by atoms with van der Waals surface area (Å²) in [5.41, 5.74) is 3.47. The second-order valence-electron chi connectivity index (χ2n) is 7.33. The summed E-state index contributed by atoms with van der Waals surface area (Å²) in [5.74, 6) is 1.74. The van der Waals surface area contributed by atoms with Gasteiger partial charge in [0.15, 0.2) is 11.5 Å². The van der Waals surface area contributed by atoms with E-state index in [2.05, 4.69) is 36.1 Å². The van der Waals surface area contributed by atoms with Crippen LogP contribution in [0.1, 0.15) is 16.7 Å². The van der Waals surface area contributed by atoms with Gasteiger partial charge in [0.2, 0.25) is 5.91 Å². The minimum atomic E-state index is 0.0838. The highest BCUT2D eigenvalue weighted by atomic mass is 16.6. The molecule has 146 valence electrons. The second kappa shape index (κ2) is 8.48. The summed E-state index contributed by atoms with van der Waals surface area (Å²) in [6.07, 6.45) is 3.59. The van der Waals surface area contributed by atoms with Gasteiger partial charge in [-0.05, 0) is 36.3 Å². The van der Waals surface area contributed by atoms with Gasteiger partial charge in [-0.1, -0.05) is 35.9 Å². The van der Waals surface area contributed by atoms with Crippen molar-refractivity contribution in [1.29, 1.82) is 0 Å². The number of rotatable bonds is 4. The topological polar surface area (TPSA) is 42.0 Å². The summed E-state index contributed by atoms with van der Waals surface area (Å²) in [6, 6.07) is 14.3. The van der Waals surface area contributed by atoms with Crippen LogP contribution in [0.4, 0.5) is 0 Å². The van der Waals surface area contributed by atoms with Gasteiger partial charge in [0.05, 0.1) is 0 Å². The Labute approximate surface area is 166 Å². The normalized spacial score (nSPS) is 17.1. The van der Waals surface area contributed by atoms with E-state index < -0.39 is 0 Å². The van der Waals surface area contributed by atoms with Crippen LogP contribution in [0, 0.1) is 6.92 Å². The van der Waals surface area contributed by atoms with Crippen LogP contribution in [-0.2, 0) is 11.3 Å². The lowest BCUT2D eigenvalue weighted by molar-refractivity contribution is -0.127. The number of ether oxygens (including phenoxy) is 2. The molecule has 5 nitrogen and oxygen atoms in total. The first-order valence-corrected chi connectivity index (χ1v) is 9.82. The quantitative estimate of drug-likeness (QED) is 0.767. The highest BCUT2D eigenvalue weighted by molar-refractivity contribution is 5.91. The highest BCUT2D eigenvalue weighted by Gasteiger charge is 2.20. The van der Waals surface area contributed by atoms with Gasteiger partial charge in [0.1, 0.15) is 13.2 Å². The fraction of sp³-hybridized carbons (Fsp3) is 0.348. The maximum absolute atomic E-state index is 12.5. The third-order valence-corrected chi connectivity index (χ3v) is 5.16. The molecule has 0 radical (unpaired) electrons. The van der Waals surface area contributed by atoms with Gasteiger partial charge in [-0.2, -0.15) is 0 Å². The van der Waals surface area contributed by atoms with Crippen molar-refractivity contribution in [3.8, 4) is 11.5 Å². The lowest BCUT2D eigenvalue weighted by atomic mass is 10.1. The number of hydrogen-bond acceptors (Lipinski definition) is 4. The van der Waals surface area contributed by atoms with Crippen LogP contribution in [0.25, 0.3) is 6.08 Å². The van der Waals surface area contributed by atoms with Crippen molar-refractivity contribution in [2.45, 2.75) is 13.5 Å². The van der Waals surface area contributed by atoms with Gasteiger partial charge in [-0.15, -0.1) is 0 Å². The maximum atomic E-state index is 12.5. The summed E-state index contributed by atoms with van der Waals surface area (Å²) < 4.78 is 11.2. The van der Waals surface area contributed by atoms with Crippen LogP contribution in [0.5, 0.6) is 11.5 Å². The Morgan fingerprint density at radius 2 is 1.79 bits per heavy atom. The van der Waals surface area contributed by atoms with E-state index in [9.17, 15) is 4.79 Å². The number of amides is 1. The molecular weight excluding hydrogens is 352 g/mol. The first-order chi connectivity index (χ1) is 13.7. The fourth-order valence-electron chi connectivity index (χ4n) is 3.62. The van der Waals surface area contributed by atoms with E-state index in [0.717, 1.165) is 49.8 Å². The van der Waals surface area contributed by atoms with Crippen molar-refractivity contribution in [2.24, 2.45) is 0 Å². The molecule has 2 heterocycles. The van der Waals surface area contributed by atoms with Crippen molar-refractivity contribution in [3.05, 3.63) is 65.2 Å². The van der Waals surface area contributed by atoms with Crippen molar-refractivity contribution < 1.29 is 14.3 Å². The molecule has 2 aromatic rings. The van der Waals surface area contributed by atoms with E-state index in [1.807, 2.05) is 29.2 Å². The summed E-state index contributed by atoms with van der Waals surface area (Å²) >= 11 is 0. The second-order valence-corrected chi connectivity index (χ2v) is 7.33. The van der Waals surface area contributed by atoms with Crippen LogP contribution in [0.15, 0.2) is 48.5 Å². The number of piperazine rings is 1. The predicted molar refractivity (Wildman–Crippen MR) is 110 cm³/mol. The van der Waals surface area contributed by atoms with E-state index in [1.54, 1.807) is 6.08 Å². The Balaban J connectivity index is 1.29. The molecule has 0 aromatic heterocycles. The molecule has 4 rings (SSSR count). The van der Waals surface area contributed by atoms with Crippen LogP contribution >= 0.6 is 0 Å². The molecule has 0 N–H and O–H groups in total. The van der Waals surface area contributed by atoms with Crippen molar-refractivity contribution >= 4 is 12.0 Å². The minimum Gasteiger partial charge on any atom is -0.486 e. The zero-order valence-electron chi connectivity index (χ0n) is 16.3. The lowest BCUT2D eigenvalue weighted by Gasteiger charge is -2.34. The molecule has 2 aliphatic rings. The van der Waals surface area contributed by atoms with Crippen molar-refractivity contribution in [2.75, 3.05) is 39.4 Å². The lowest BCUT2D eigenvalue weighted by Crippen LogP contribution is -2.47. The van der Waals surface area contributed by atoms with Gasteiger partial charge in [0.25, 0.3) is 0 Å². The highest BCUT2D eigenvalue weighted by Crippen LogP contribution is 2.31. The molecule has 5 heteroatoms. The Bertz CT molecular complexity index is 870. The van der Waals surface area contributed by atoms with Gasteiger partial charge in [-0.3, -0.25) is 9.69 Å². The van der Waals surface area contributed by atoms with Crippen molar-refractivity contribution in [3.63, 3.8) is 0 Å². The minimum absolute atomic E-state index is 0.0838. The number of aryl methyl sites for hydroxylation is 1. The summed E-state index contributed by atoms with van der Waals surface area (Å²) in [6.45, 7) is 7.38. The van der Waals surface area contributed by atoms with E-state index in [4.69, 9.17) is 9.47 Å². The summed E-state index contributed by atoms with van der Waals surface area (Å²) in [7, 11) is 0. The van der Waals surface area contributed by atoms with Crippen LogP contribution in [-0.4, -0.2) is 55.1 Å². The Kier molecular flexibility index (Phi) is 5.63. The van der Waals surface area contributed by atoms with E-state index >= 15 is 0 Å². The molecule has 1 saturated heterocycles. The van der Waals surface area contributed by atoms with Crippen molar-refractivity contribution in [1.82, 2.24) is 9.80 Å². The Morgan fingerprint density at radius 3 is 2.57 bits per heavy atom. The summed E-state index contributed by atoms with van der Waals surface area (Å²) in [5, 5.41) is 0. The standard InChI is InChI=1S/C23H26N2O3/c1-18-3-2-4-19(15-18)6-8-23(26)25-11-9-24(10-12-25)17-20-5-7-21-22(16-20)28-14-13-27-21/h2-8,15-16H,9-14,17H2,1H3/b8-6+. The van der Waals surface area contributed by atoms with E-state index in [0.29, 0.717) is 13.2 Å². The number of hydrogen-bond donors (Lipinski definition) is 0. The van der Waals surface area contributed by atoms with Crippen LogP contribution in [0.2, 0.25) is 0 Å². The predicted octanol–water partition coefficient (Wildman–Crippen LogP) is 3.12. The number of carbonyl (C=O) groups is 1. The molecule has 0 unspecified atom stereocenters. The average molecular weight is 378 g/mol. The monoisotopic (exact) mass is 378 g/mol. The Morgan fingerprint density at radius 1 is 1.00 bits per heavy atom. The molecule has 2 aliphatic heterocycles. The zero-order chi connectivity index (χ0) is 19.3. The van der Waals surface area contributed by atoms with Gasteiger partial charge >= 0.3 is 0 Å². The third kappa shape index (κ3) is 4.54. The molecule has 28 heavy (non-hydrogen) atoms. The van der Waals surface area contributed by atoms with Crippen LogP contribution < -0.4 is 9.47 Å². The van der Waals surface area contributed by atoms with E-state index in [-0.39, 0.29) is 5.91 Å². The number of fused-ring (bicyclic) bond motifs is 1. The number of carbonyl (C=O) groups excluding carboxylic acids is 1.